The molecule has 0 radical (unpaired) electrons. The normalized spacial score (nSPS) is 13.1. The Morgan fingerprint density at radius 1 is 0.459 bits per heavy atom. The van der Waals surface area contributed by atoms with Gasteiger partial charge in [-0.05, 0) is 25.2 Å². The van der Waals surface area contributed by atoms with Gasteiger partial charge in [0.25, 0.3) is 0 Å². The summed E-state index contributed by atoms with van der Waals surface area (Å²) < 4.78 is 5.89. The van der Waals surface area contributed by atoms with Crippen LogP contribution in [0.2, 0.25) is 0 Å². The minimum Gasteiger partial charge on any atom is -0.465 e. The highest BCUT2D eigenvalue weighted by atomic mass is 16.5. The fraction of sp³-hybridized carbons (Fsp3) is 0.971. The molecule has 37 heavy (non-hydrogen) atoms. The minimum atomic E-state index is 0.0552. The molecule has 2 nitrogen and oxygen atoms in total. The number of rotatable bonds is 30. The molecule has 2 heteroatoms. The molecule has 222 valence electrons. The lowest BCUT2D eigenvalue weighted by Gasteiger charge is -2.19. The average Bonchev–Trinajstić information content (AvgIpc) is 2.90. The number of unbranched alkanes of at least 4 members (excludes halogenated alkanes) is 21. The van der Waals surface area contributed by atoms with Gasteiger partial charge < -0.3 is 4.74 Å². The van der Waals surface area contributed by atoms with Gasteiger partial charge in [0, 0.05) is 0 Å². The number of carbonyl (C=O) groups excluding carboxylic acids is 1. The minimum absolute atomic E-state index is 0.0552. The largest absolute Gasteiger partial charge is 0.465 e. The molecule has 0 saturated carbocycles. The quantitative estimate of drug-likeness (QED) is 0.0692. The van der Waals surface area contributed by atoms with Crippen LogP contribution >= 0.6 is 0 Å². The van der Waals surface area contributed by atoms with Crippen molar-refractivity contribution in [3.05, 3.63) is 0 Å². The maximum Gasteiger partial charge on any atom is 0.308 e. The van der Waals surface area contributed by atoms with Gasteiger partial charge in [-0.25, -0.2) is 0 Å². The van der Waals surface area contributed by atoms with E-state index in [1.165, 1.54) is 167 Å². The highest BCUT2D eigenvalue weighted by Crippen LogP contribution is 2.21. The van der Waals surface area contributed by atoms with Crippen LogP contribution in [-0.2, 0) is 9.53 Å². The van der Waals surface area contributed by atoms with Crippen molar-refractivity contribution >= 4 is 5.97 Å². The third-order valence-corrected chi connectivity index (χ3v) is 8.29. The lowest BCUT2D eigenvalue weighted by Crippen LogP contribution is -2.20. The highest BCUT2D eigenvalue weighted by Gasteiger charge is 2.17. The van der Waals surface area contributed by atoms with Crippen molar-refractivity contribution in [3.63, 3.8) is 0 Å². The van der Waals surface area contributed by atoms with Crippen molar-refractivity contribution in [1.29, 1.82) is 0 Å². The molecule has 0 amide bonds. The molecule has 0 aliphatic rings. The summed E-state index contributed by atoms with van der Waals surface area (Å²) >= 11 is 0. The van der Waals surface area contributed by atoms with Gasteiger partial charge >= 0.3 is 5.97 Å². The van der Waals surface area contributed by atoms with Gasteiger partial charge in [0.05, 0.1) is 12.5 Å². The van der Waals surface area contributed by atoms with Gasteiger partial charge in [0.1, 0.15) is 0 Å². The Morgan fingerprint density at radius 3 is 1.11 bits per heavy atom. The van der Waals surface area contributed by atoms with Gasteiger partial charge in [0.2, 0.25) is 0 Å². The topological polar surface area (TPSA) is 26.3 Å². The van der Waals surface area contributed by atoms with E-state index in [1.54, 1.807) is 0 Å². The Hall–Kier alpha value is -0.530. The van der Waals surface area contributed by atoms with Crippen molar-refractivity contribution in [2.24, 2.45) is 11.8 Å². The van der Waals surface area contributed by atoms with E-state index >= 15 is 0 Å². The van der Waals surface area contributed by atoms with Gasteiger partial charge in [-0.1, -0.05) is 182 Å². The molecule has 0 fully saturated rings. The van der Waals surface area contributed by atoms with Gasteiger partial charge in [-0.3, -0.25) is 4.79 Å². The molecule has 0 aliphatic carbocycles. The molecule has 0 aromatic carbocycles. The van der Waals surface area contributed by atoms with Crippen LogP contribution in [0.1, 0.15) is 201 Å². The molecule has 2 unspecified atom stereocenters. The van der Waals surface area contributed by atoms with Crippen LogP contribution in [0, 0.1) is 11.8 Å². The fourth-order valence-corrected chi connectivity index (χ4v) is 5.49. The maximum absolute atomic E-state index is 12.7. The van der Waals surface area contributed by atoms with Crippen molar-refractivity contribution < 1.29 is 9.53 Å². The van der Waals surface area contributed by atoms with Crippen LogP contribution in [0.25, 0.3) is 0 Å². The first-order valence-electron chi connectivity index (χ1n) is 17.3. The van der Waals surface area contributed by atoms with Crippen LogP contribution in [0.4, 0.5) is 0 Å². The molecule has 0 saturated heterocycles. The molecule has 0 N–H and O–H groups in total. The average molecular weight is 523 g/mol. The monoisotopic (exact) mass is 523 g/mol. The number of carbonyl (C=O) groups is 1. The smallest absolute Gasteiger partial charge is 0.308 e. The van der Waals surface area contributed by atoms with Gasteiger partial charge in [-0.2, -0.15) is 0 Å². The Morgan fingerprint density at radius 2 is 0.757 bits per heavy atom. The van der Waals surface area contributed by atoms with Gasteiger partial charge in [0.15, 0.2) is 0 Å². The number of hydrogen-bond acceptors (Lipinski definition) is 2. The molecule has 0 bridgehead atoms. The SMILES string of the molecule is CCCCCCCCCCCC(CCCCCCCCC)COC(=O)C(C)CCCCCCCCCC. The van der Waals surface area contributed by atoms with Crippen LogP contribution in [-0.4, -0.2) is 12.6 Å². The number of hydrogen-bond donors (Lipinski definition) is 0. The van der Waals surface area contributed by atoms with Crippen molar-refractivity contribution in [1.82, 2.24) is 0 Å². The number of ether oxygens (including phenoxy) is 1. The molecular weight excluding hydrogens is 452 g/mol. The van der Waals surface area contributed by atoms with E-state index in [2.05, 4.69) is 27.7 Å². The highest BCUT2D eigenvalue weighted by molar-refractivity contribution is 5.71. The summed E-state index contributed by atoms with van der Waals surface area (Å²) in [6, 6.07) is 0. The van der Waals surface area contributed by atoms with Crippen LogP contribution in [0.5, 0.6) is 0 Å². The Labute approximate surface area is 234 Å². The molecule has 0 aliphatic heterocycles. The maximum atomic E-state index is 12.7. The van der Waals surface area contributed by atoms with E-state index in [1.807, 2.05) is 0 Å². The Balaban J connectivity index is 4.13. The van der Waals surface area contributed by atoms with Gasteiger partial charge in [-0.15, -0.1) is 0 Å². The zero-order chi connectivity index (χ0) is 27.2. The van der Waals surface area contributed by atoms with E-state index < -0.39 is 0 Å². The van der Waals surface area contributed by atoms with Crippen LogP contribution in [0.3, 0.4) is 0 Å². The Kier molecular flexibility index (Phi) is 29.6. The van der Waals surface area contributed by atoms with E-state index in [9.17, 15) is 4.79 Å². The summed E-state index contributed by atoms with van der Waals surface area (Å²) in [6.45, 7) is 9.59. The third-order valence-electron chi connectivity index (χ3n) is 8.29. The molecule has 0 aromatic heterocycles. The molecule has 0 rings (SSSR count). The summed E-state index contributed by atoms with van der Waals surface area (Å²) in [6.07, 6.45) is 36.0. The first-order chi connectivity index (χ1) is 18.2. The Bertz CT molecular complexity index is 447. The summed E-state index contributed by atoms with van der Waals surface area (Å²) in [4.78, 5) is 12.7. The lowest BCUT2D eigenvalue weighted by molar-refractivity contribution is -0.149. The predicted molar refractivity (Wildman–Crippen MR) is 165 cm³/mol. The molecule has 0 spiro atoms. The van der Waals surface area contributed by atoms with E-state index in [0.717, 1.165) is 6.42 Å². The van der Waals surface area contributed by atoms with Crippen molar-refractivity contribution in [3.8, 4) is 0 Å². The first kappa shape index (κ1) is 36.5. The van der Waals surface area contributed by atoms with Crippen LogP contribution < -0.4 is 0 Å². The standard InChI is InChI=1S/C35H70O2/c1-5-8-11-14-17-19-22-25-28-31-34(30-27-24-20-16-13-10-7-3)32-37-35(36)33(4)29-26-23-21-18-15-12-9-6-2/h33-34H,5-32H2,1-4H3. The summed E-state index contributed by atoms with van der Waals surface area (Å²) in [5.74, 6) is 0.686. The van der Waals surface area contributed by atoms with Crippen LogP contribution in [0.15, 0.2) is 0 Å². The van der Waals surface area contributed by atoms with Crippen molar-refractivity contribution in [2.45, 2.75) is 201 Å². The van der Waals surface area contributed by atoms with Crippen molar-refractivity contribution in [2.75, 3.05) is 6.61 Å². The van der Waals surface area contributed by atoms with E-state index in [0.29, 0.717) is 12.5 Å². The lowest BCUT2D eigenvalue weighted by atomic mass is 9.94. The third kappa shape index (κ3) is 26.8. The fourth-order valence-electron chi connectivity index (χ4n) is 5.49. The second kappa shape index (κ2) is 30.0. The van der Waals surface area contributed by atoms with E-state index in [-0.39, 0.29) is 11.9 Å². The summed E-state index contributed by atoms with van der Waals surface area (Å²) in [5, 5.41) is 0. The van der Waals surface area contributed by atoms with E-state index in [4.69, 9.17) is 4.74 Å². The zero-order valence-corrected chi connectivity index (χ0v) is 26.3. The molecule has 0 aromatic rings. The first-order valence-corrected chi connectivity index (χ1v) is 17.3. The molecular formula is C35H70O2. The summed E-state index contributed by atoms with van der Waals surface area (Å²) in [7, 11) is 0. The second-order valence-corrected chi connectivity index (χ2v) is 12.2. The predicted octanol–water partition coefficient (Wildman–Crippen LogP) is 12.4. The second-order valence-electron chi connectivity index (χ2n) is 12.2. The summed E-state index contributed by atoms with van der Waals surface area (Å²) in [5.41, 5.74) is 0. The molecule has 0 heterocycles. The number of esters is 1. The zero-order valence-electron chi connectivity index (χ0n) is 26.3. The molecule has 2 atom stereocenters.